The Labute approximate surface area is 110 Å². The van der Waals surface area contributed by atoms with Crippen molar-refractivity contribution in [3.05, 3.63) is 28.5 Å². The summed E-state index contributed by atoms with van der Waals surface area (Å²) in [6, 6.07) is 4.01. The summed E-state index contributed by atoms with van der Waals surface area (Å²) < 4.78 is 18.8. The highest BCUT2D eigenvalue weighted by Crippen LogP contribution is 2.30. The summed E-state index contributed by atoms with van der Waals surface area (Å²) in [6.07, 6.45) is 0. The van der Waals surface area contributed by atoms with Crippen LogP contribution in [0.5, 0.6) is 0 Å². The molecule has 0 radical (unpaired) electrons. The topological polar surface area (TPSA) is 75.6 Å². The number of amides is 1. The van der Waals surface area contributed by atoms with Crippen LogP contribution >= 0.6 is 15.9 Å². The number of carbonyl (C=O) groups excluding carboxylic acids is 1. The first-order valence-corrected chi connectivity index (χ1v) is 5.83. The first-order valence-electron chi connectivity index (χ1n) is 5.03. The lowest BCUT2D eigenvalue weighted by atomic mass is 9.85. The van der Waals surface area contributed by atoms with Crippen molar-refractivity contribution in [2.75, 3.05) is 18.5 Å². The maximum absolute atomic E-state index is 13.4. The van der Waals surface area contributed by atoms with Gasteiger partial charge in [0.15, 0.2) is 5.41 Å². The van der Waals surface area contributed by atoms with Crippen LogP contribution in [0.3, 0.4) is 0 Å². The third-order valence-electron chi connectivity index (χ3n) is 2.72. The van der Waals surface area contributed by atoms with E-state index in [2.05, 4.69) is 21.2 Å². The van der Waals surface area contributed by atoms with Crippen molar-refractivity contribution >= 4 is 33.5 Å². The Morgan fingerprint density at radius 3 is 2.61 bits per heavy atom. The zero-order valence-corrected chi connectivity index (χ0v) is 10.7. The summed E-state index contributed by atoms with van der Waals surface area (Å²) in [5.41, 5.74) is -1.68. The molecule has 0 aromatic heterocycles. The highest BCUT2D eigenvalue weighted by molar-refractivity contribution is 9.10. The van der Waals surface area contributed by atoms with Gasteiger partial charge in [-0.05, 0) is 18.2 Å². The van der Waals surface area contributed by atoms with Gasteiger partial charge in [0.05, 0.1) is 18.9 Å². The minimum absolute atomic E-state index is 0.0677. The SMILES string of the molecule is O=C(O)C1(C(=O)Nc2cc(Br)ccc2F)COC1. The molecule has 0 spiro atoms. The van der Waals surface area contributed by atoms with Gasteiger partial charge in [-0.15, -0.1) is 0 Å². The van der Waals surface area contributed by atoms with Crippen molar-refractivity contribution in [1.29, 1.82) is 0 Å². The Balaban J connectivity index is 2.21. The Hall–Kier alpha value is -1.47. The maximum Gasteiger partial charge on any atom is 0.324 e. The van der Waals surface area contributed by atoms with E-state index in [-0.39, 0.29) is 18.9 Å². The molecule has 1 fully saturated rings. The van der Waals surface area contributed by atoms with Gasteiger partial charge in [0.25, 0.3) is 0 Å². The highest BCUT2D eigenvalue weighted by Gasteiger charge is 2.53. The number of benzene rings is 1. The fourth-order valence-corrected chi connectivity index (χ4v) is 1.85. The normalized spacial score (nSPS) is 16.8. The standard InChI is InChI=1S/C11H9BrFNO4/c12-6-1-2-7(13)8(3-6)14-9(15)11(10(16)17)4-18-5-11/h1-3H,4-5H2,(H,14,15)(H,16,17). The van der Waals surface area contributed by atoms with E-state index in [9.17, 15) is 14.0 Å². The van der Waals surface area contributed by atoms with Crippen LogP contribution in [0, 0.1) is 11.2 Å². The van der Waals surface area contributed by atoms with E-state index >= 15 is 0 Å². The molecule has 96 valence electrons. The van der Waals surface area contributed by atoms with Gasteiger partial charge in [-0.1, -0.05) is 15.9 Å². The van der Waals surface area contributed by atoms with Gasteiger partial charge in [-0.2, -0.15) is 0 Å². The number of nitrogens with one attached hydrogen (secondary N) is 1. The molecule has 0 aliphatic carbocycles. The quantitative estimate of drug-likeness (QED) is 0.831. The smallest absolute Gasteiger partial charge is 0.324 e. The van der Waals surface area contributed by atoms with Gasteiger partial charge in [0, 0.05) is 4.47 Å². The van der Waals surface area contributed by atoms with Crippen molar-refractivity contribution in [2.45, 2.75) is 0 Å². The second kappa shape index (κ2) is 4.66. The lowest BCUT2D eigenvalue weighted by Crippen LogP contribution is -2.57. The summed E-state index contributed by atoms with van der Waals surface area (Å²) in [7, 11) is 0. The summed E-state index contributed by atoms with van der Waals surface area (Å²) in [6.45, 7) is -0.409. The fourth-order valence-electron chi connectivity index (χ4n) is 1.49. The predicted molar refractivity (Wildman–Crippen MR) is 63.6 cm³/mol. The van der Waals surface area contributed by atoms with Gasteiger partial charge in [0.1, 0.15) is 5.82 Å². The lowest BCUT2D eigenvalue weighted by molar-refractivity contribution is -0.182. The molecule has 1 aliphatic heterocycles. The third kappa shape index (κ3) is 2.11. The van der Waals surface area contributed by atoms with Gasteiger partial charge >= 0.3 is 5.97 Å². The van der Waals surface area contributed by atoms with Crippen molar-refractivity contribution < 1.29 is 23.8 Å². The molecular formula is C11H9BrFNO4. The number of aliphatic carboxylic acids is 1. The summed E-state index contributed by atoms with van der Waals surface area (Å²) in [5.74, 6) is -2.69. The van der Waals surface area contributed by atoms with Crippen LogP contribution in [0.4, 0.5) is 10.1 Å². The molecular weight excluding hydrogens is 309 g/mol. The number of ether oxygens (including phenoxy) is 1. The zero-order valence-electron chi connectivity index (χ0n) is 9.07. The lowest BCUT2D eigenvalue weighted by Gasteiger charge is -2.35. The molecule has 5 nitrogen and oxygen atoms in total. The monoisotopic (exact) mass is 317 g/mol. The number of carboxylic acid groups (broad SMARTS) is 1. The average molecular weight is 318 g/mol. The van der Waals surface area contributed by atoms with Crippen LogP contribution < -0.4 is 5.32 Å². The fraction of sp³-hybridized carbons (Fsp3) is 0.273. The predicted octanol–water partition coefficient (Wildman–Crippen LogP) is 1.63. The number of carboxylic acids is 1. The molecule has 1 saturated heterocycles. The summed E-state index contributed by atoms with van der Waals surface area (Å²) in [5, 5.41) is 11.3. The van der Waals surface area contributed by atoms with Crippen molar-refractivity contribution in [3.63, 3.8) is 0 Å². The molecule has 0 bridgehead atoms. The first kappa shape index (κ1) is 13.0. The van der Waals surface area contributed by atoms with E-state index < -0.39 is 23.1 Å². The highest BCUT2D eigenvalue weighted by atomic mass is 79.9. The average Bonchev–Trinajstić information content (AvgIpc) is 2.21. The van der Waals surface area contributed by atoms with E-state index in [0.29, 0.717) is 4.47 Å². The molecule has 1 amide bonds. The number of halogens is 2. The van der Waals surface area contributed by atoms with Crippen LogP contribution in [0.2, 0.25) is 0 Å². The second-order valence-corrected chi connectivity index (χ2v) is 4.87. The molecule has 2 rings (SSSR count). The number of carbonyl (C=O) groups is 2. The molecule has 1 heterocycles. The molecule has 0 saturated carbocycles. The van der Waals surface area contributed by atoms with Gasteiger partial charge in [0.2, 0.25) is 5.91 Å². The zero-order chi connectivity index (χ0) is 13.3. The number of hydrogen-bond acceptors (Lipinski definition) is 3. The molecule has 7 heteroatoms. The minimum Gasteiger partial charge on any atom is -0.480 e. The number of hydrogen-bond donors (Lipinski definition) is 2. The van der Waals surface area contributed by atoms with Crippen LogP contribution in [0.25, 0.3) is 0 Å². The largest absolute Gasteiger partial charge is 0.480 e. The number of rotatable bonds is 3. The molecule has 0 unspecified atom stereocenters. The van der Waals surface area contributed by atoms with E-state index in [4.69, 9.17) is 9.84 Å². The Morgan fingerprint density at radius 1 is 1.44 bits per heavy atom. The Morgan fingerprint density at radius 2 is 2.11 bits per heavy atom. The molecule has 1 aliphatic rings. The van der Waals surface area contributed by atoms with Crippen LogP contribution in [-0.4, -0.2) is 30.2 Å². The van der Waals surface area contributed by atoms with Gasteiger partial charge in [-0.3, -0.25) is 9.59 Å². The van der Waals surface area contributed by atoms with E-state index in [0.717, 1.165) is 0 Å². The first-order chi connectivity index (χ1) is 8.45. The van der Waals surface area contributed by atoms with Crippen LogP contribution in [-0.2, 0) is 14.3 Å². The van der Waals surface area contributed by atoms with Gasteiger partial charge < -0.3 is 15.2 Å². The van der Waals surface area contributed by atoms with Crippen molar-refractivity contribution in [3.8, 4) is 0 Å². The van der Waals surface area contributed by atoms with Gasteiger partial charge in [-0.25, -0.2) is 4.39 Å². The van der Waals surface area contributed by atoms with E-state index in [1.54, 1.807) is 0 Å². The third-order valence-corrected chi connectivity index (χ3v) is 3.21. The summed E-state index contributed by atoms with van der Waals surface area (Å²) in [4.78, 5) is 22.9. The molecule has 1 aromatic rings. The Kier molecular flexibility index (Phi) is 3.36. The van der Waals surface area contributed by atoms with Crippen LogP contribution in [0.1, 0.15) is 0 Å². The van der Waals surface area contributed by atoms with Crippen LogP contribution in [0.15, 0.2) is 22.7 Å². The number of anilines is 1. The maximum atomic E-state index is 13.4. The minimum atomic E-state index is -1.62. The van der Waals surface area contributed by atoms with Crippen molar-refractivity contribution in [2.24, 2.45) is 5.41 Å². The van der Waals surface area contributed by atoms with E-state index in [1.807, 2.05) is 0 Å². The van der Waals surface area contributed by atoms with Crippen molar-refractivity contribution in [1.82, 2.24) is 0 Å². The second-order valence-electron chi connectivity index (χ2n) is 3.96. The molecule has 18 heavy (non-hydrogen) atoms. The Bertz CT molecular complexity index is 516. The molecule has 0 atom stereocenters. The molecule has 2 N–H and O–H groups in total. The van der Waals surface area contributed by atoms with E-state index in [1.165, 1.54) is 18.2 Å². The molecule has 1 aromatic carbocycles. The summed E-state index contributed by atoms with van der Waals surface area (Å²) >= 11 is 3.14.